The number of carbonyl (C=O) groups excluding carboxylic acids is 2. The summed E-state index contributed by atoms with van der Waals surface area (Å²) in [7, 11) is 0. The molecule has 2 N–H and O–H groups in total. The third-order valence-corrected chi connectivity index (χ3v) is 5.93. The molecule has 0 saturated heterocycles. The standard InChI is InChI=1S/C26H26ClN3O3/c1-3-30(4-2)13-12-28-25(31)18-7-5-6-17(14-18)24-11-9-20(33-24)16-22-21-15-19(27)8-10-23(21)29-26(22)32/h5-11,14-16H,3-4,12-13H2,1-2H3,(H,28,31)(H,29,32)/b22-16+. The number of carbonyl (C=O) groups is 2. The molecule has 7 heteroatoms. The number of hydrogen-bond acceptors (Lipinski definition) is 4. The predicted octanol–water partition coefficient (Wildman–Crippen LogP) is 5.16. The smallest absolute Gasteiger partial charge is 0.256 e. The maximum atomic E-state index is 12.6. The van der Waals surface area contributed by atoms with E-state index in [0.29, 0.717) is 34.2 Å². The van der Waals surface area contributed by atoms with E-state index in [0.717, 1.165) is 36.4 Å². The lowest BCUT2D eigenvalue weighted by Crippen LogP contribution is -2.34. The van der Waals surface area contributed by atoms with E-state index >= 15 is 0 Å². The first kappa shape index (κ1) is 22.8. The molecule has 2 aromatic carbocycles. The van der Waals surface area contributed by atoms with Crippen molar-refractivity contribution in [1.29, 1.82) is 0 Å². The number of fused-ring (bicyclic) bond motifs is 1. The van der Waals surface area contributed by atoms with Crippen LogP contribution in [0, 0.1) is 0 Å². The first-order chi connectivity index (χ1) is 16.0. The second-order valence-corrected chi connectivity index (χ2v) is 8.20. The van der Waals surface area contributed by atoms with Crippen LogP contribution < -0.4 is 10.6 Å². The molecule has 170 valence electrons. The van der Waals surface area contributed by atoms with E-state index in [1.807, 2.05) is 18.2 Å². The molecule has 1 aliphatic rings. The van der Waals surface area contributed by atoms with Crippen molar-refractivity contribution in [2.45, 2.75) is 13.8 Å². The van der Waals surface area contributed by atoms with Gasteiger partial charge in [-0.1, -0.05) is 37.6 Å². The SMILES string of the molecule is CCN(CC)CCNC(=O)c1cccc(-c2ccc(/C=C3/C(=O)Nc4ccc(Cl)cc43)o2)c1. The molecule has 0 atom stereocenters. The van der Waals surface area contributed by atoms with Gasteiger partial charge in [0, 0.05) is 40.5 Å². The Balaban J connectivity index is 1.50. The van der Waals surface area contributed by atoms with Gasteiger partial charge in [0.15, 0.2) is 0 Å². The lowest BCUT2D eigenvalue weighted by Gasteiger charge is -2.18. The molecule has 2 heterocycles. The van der Waals surface area contributed by atoms with Crippen LogP contribution in [-0.2, 0) is 4.79 Å². The fraction of sp³-hybridized carbons (Fsp3) is 0.231. The van der Waals surface area contributed by atoms with Crippen molar-refractivity contribution in [3.05, 3.63) is 76.5 Å². The number of amides is 2. The van der Waals surface area contributed by atoms with Crippen molar-refractivity contribution < 1.29 is 14.0 Å². The van der Waals surface area contributed by atoms with Gasteiger partial charge >= 0.3 is 0 Å². The number of hydrogen-bond donors (Lipinski definition) is 2. The third-order valence-electron chi connectivity index (χ3n) is 5.70. The maximum absolute atomic E-state index is 12.6. The molecule has 0 saturated carbocycles. The lowest BCUT2D eigenvalue weighted by molar-refractivity contribution is -0.110. The minimum atomic E-state index is -0.200. The molecule has 0 spiro atoms. The topological polar surface area (TPSA) is 74.6 Å². The second-order valence-electron chi connectivity index (χ2n) is 7.77. The van der Waals surface area contributed by atoms with Crippen LogP contribution in [0.1, 0.15) is 35.5 Å². The van der Waals surface area contributed by atoms with Gasteiger partial charge < -0.3 is 20.0 Å². The number of likely N-dealkylation sites (N-methyl/N-ethyl adjacent to an activating group) is 1. The van der Waals surface area contributed by atoms with E-state index in [1.54, 1.807) is 42.5 Å². The van der Waals surface area contributed by atoms with Gasteiger partial charge in [0.1, 0.15) is 11.5 Å². The van der Waals surface area contributed by atoms with Gasteiger partial charge in [0.05, 0.1) is 5.57 Å². The van der Waals surface area contributed by atoms with Gasteiger partial charge in [-0.05, 0) is 61.6 Å². The number of furan rings is 1. The van der Waals surface area contributed by atoms with Gasteiger partial charge in [-0.15, -0.1) is 0 Å². The van der Waals surface area contributed by atoms with E-state index in [-0.39, 0.29) is 11.8 Å². The minimum Gasteiger partial charge on any atom is -0.457 e. The first-order valence-electron chi connectivity index (χ1n) is 11.0. The van der Waals surface area contributed by atoms with Crippen LogP contribution in [0.25, 0.3) is 23.0 Å². The molecule has 33 heavy (non-hydrogen) atoms. The van der Waals surface area contributed by atoms with E-state index in [2.05, 4.69) is 29.4 Å². The minimum absolute atomic E-state index is 0.117. The monoisotopic (exact) mass is 463 g/mol. The Kier molecular flexibility index (Phi) is 6.96. The molecule has 0 bridgehead atoms. The van der Waals surface area contributed by atoms with Gasteiger partial charge in [0.25, 0.3) is 11.8 Å². The van der Waals surface area contributed by atoms with Crippen LogP contribution in [0.2, 0.25) is 5.02 Å². The van der Waals surface area contributed by atoms with Crippen LogP contribution in [0.4, 0.5) is 5.69 Å². The Morgan fingerprint density at radius 1 is 1.12 bits per heavy atom. The summed E-state index contributed by atoms with van der Waals surface area (Å²) in [5, 5.41) is 6.36. The van der Waals surface area contributed by atoms with Crippen molar-refractivity contribution in [2.24, 2.45) is 0 Å². The van der Waals surface area contributed by atoms with Crippen molar-refractivity contribution in [2.75, 3.05) is 31.5 Å². The maximum Gasteiger partial charge on any atom is 0.256 e. The fourth-order valence-electron chi connectivity index (χ4n) is 3.81. The van der Waals surface area contributed by atoms with Crippen molar-refractivity contribution in [3.8, 4) is 11.3 Å². The summed E-state index contributed by atoms with van der Waals surface area (Å²) in [6.45, 7) is 7.54. The summed E-state index contributed by atoms with van der Waals surface area (Å²) in [4.78, 5) is 27.2. The van der Waals surface area contributed by atoms with E-state index in [1.165, 1.54) is 0 Å². The summed E-state index contributed by atoms with van der Waals surface area (Å²) >= 11 is 6.10. The first-order valence-corrected chi connectivity index (χ1v) is 11.4. The zero-order chi connectivity index (χ0) is 23.4. The lowest BCUT2D eigenvalue weighted by atomic mass is 10.1. The Morgan fingerprint density at radius 2 is 1.94 bits per heavy atom. The molecular weight excluding hydrogens is 438 g/mol. The van der Waals surface area contributed by atoms with Gasteiger partial charge in [-0.25, -0.2) is 0 Å². The van der Waals surface area contributed by atoms with Gasteiger partial charge in [-0.3, -0.25) is 9.59 Å². The van der Waals surface area contributed by atoms with Crippen molar-refractivity contribution >= 4 is 40.8 Å². The molecule has 1 aliphatic heterocycles. The Morgan fingerprint density at radius 3 is 2.73 bits per heavy atom. The van der Waals surface area contributed by atoms with Gasteiger partial charge in [0.2, 0.25) is 0 Å². The summed E-state index contributed by atoms with van der Waals surface area (Å²) < 4.78 is 5.97. The summed E-state index contributed by atoms with van der Waals surface area (Å²) in [6.07, 6.45) is 1.70. The highest BCUT2D eigenvalue weighted by Crippen LogP contribution is 2.35. The Hall–Kier alpha value is -3.35. The third kappa shape index (κ3) is 5.18. The Labute approximate surface area is 198 Å². The highest BCUT2D eigenvalue weighted by Gasteiger charge is 2.24. The molecule has 0 unspecified atom stereocenters. The average molecular weight is 464 g/mol. The molecule has 6 nitrogen and oxygen atoms in total. The highest BCUT2D eigenvalue weighted by atomic mass is 35.5. The van der Waals surface area contributed by atoms with E-state index in [9.17, 15) is 9.59 Å². The number of rotatable bonds is 8. The number of anilines is 1. The number of nitrogens with one attached hydrogen (secondary N) is 2. The molecule has 3 aromatic rings. The van der Waals surface area contributed by atoms with Crippen LogP contribution in [0.15, 0.2) is 59.0 Å². The van der Waals surface area contributed by atoms with Gasteiger partial charge in [-0.2, -0.15) is 0 Å². The van der Waals surface area contributed by atoms with E-state index < -0.39 is 0 Å². The van der Waals surface area contributed by atoms with Crippen LogP contribution in [0.5, 0.6) is 0 Å². The summed E-state index contributed by atoms with van der Waals surface area (Å²) in [6, 6.07) is 16.2. The molecule has 0 radical (unpaired) electrons. The Bertz CT molecular complexity index is 1210. The molecule has 0 fully saturated rings. The van der Waals surface area contributed by atoms with Crippen LogP contribution in [0.3, 0.4) is 0 Å². The number of halogens is 1. The molecule has 1 aromatic heterocycles. The molecule has 0 aliphatic carbocycles. The fourth-order valence-corrected chi connectivity index (χ4v) is 3.99. The summed E-state index contributed by atoms with van der Waals surface area (Å²) in [5.74, 6) is 0.837. The summed E-state index contributed by atoms with van der Waals surface area (Å²) in [5.41, 5.74) is 3.32. The van der Waals surface area contributed by atoms with Crippen LogP contribution in [-0.4, -0.2) is 42.9 Å². The molecule has 4 rings (SSSR count). The molecular formula is C26H26ClN3O3. The predicted molar refractivity (Wildman–Crippen MR) is 132 cm³/mol. The second kappa shape index (κ2) is 10.1. The quantitative estimate of drug-likeness (QED) is 0.452. The zero-order valence-electron chi connectivity index (χ0n) is 18.7. The molecule has 2 amide bonds. The average Bonchev–Trinajstić information content (AvgIpc) is 3.41. The van der Waals surface area contributed by atoms with Crippen molar-refractivity contribution in [1.82, 2.24) is 10.2 Å². The van der Waals surface area contributed by atoms with E-state index in [4.69, 9.17) is 16.0 Å². The number of benzene rings is 2. The number of nitrogens with zero attached hydrogens (tertiary/aromatic N) is 1. The normalized spacial score (nSPS) is 13.9. The van der Waals surface area contributed by atoms with Crippen molar-refractivity contribution in [3.63, 3.8) is 0 Å². The largest absolute Gasteiger partial charge is 0.457 e. The van der Waals surface area contributed by atoms with Crippen LogP contribution >= 0.6 is 11.6 Å². The zero-order valence-corrected chi connectivity index (χ0v) is 19.4. The highest BCUT2D eigenvalue weighted by molar-refractivity contribution is 6.36.